The fourth-order valence-electron chi connectivity index (χ4n) is 2.55. The van der Waals surface area contributed by atoms with Gasteiger partial charge in [-0.05, 0) is 27.7 Å². The summed E-state index contributed by atoms with van der Waals surface area (Å²) in [4.78, 5) is 35.2. The maximum atomic E-state index is 12.2. The van der Waals surface area contributed by atoms with Crippen molar-refractivity contribution in [2.45, 2.75) is 51.4 Å². The van der Waals surface area contributed by atoms with Crippen LogP contribution < -0.4 is 5.32 Å². The van der Waals surface area contributed by atoms with Crippen molar-refractivity contribution in [1.29, 1.82) is 0 Å². The first-order valence-electron chi connectivity index (χ1n) is 6.62. The van der Waals surface area contributed by atoms with E-state index in [1.54, 1.807) is 0 Å². The van der Waals surface area contributed by atoms with Gasteiger partial charge in [0.2, 0.25) is 0 Å². The van der Waals surface area contributed by atoms with Gasteiger partial charge in [-0.1, -0.05) is 0 Å². The van der Waals surface area contributed by atoms with Crippen LogP contribution in [0.1, 0.15) is 34.1 Å². The van der Waals surface area contributed by atoms with E-state index in [4.69, 9.17) is 14.9 Å². The van der Waals surface area contributed by atoms with Gasteiger partial charge in [0, 0.05) is 0 Å². The minimum atomic E-state index is -1.45. The van der Waals surface area contributed by atoms with Gasteiger partial charge < -0.3 is 25.2 Å². The Morgan fingerprint density at radius 3 is 2.00 bits per heavy atom. The number of carbonyl (C=O) groups is 3. The number of hydrogen-bond donors (Lipinski definition) is 3. The van der Waals surface area contributed by atoms with Crippen LogP contribution in [-0.2, 0) is 14.3 Å². The second kappa shape index (κ2) is 5.88. The van der Waals surface area contributed by atoms with Crippen LogP contribution in [0.3, 0.4) is 0 Å². The lowest BCUT2D eigenvalue weighted by atomic mass is 9.99. The Kier molecular flexibility index (Phi) is 4.83. The zero-order chi connectivity index (χ0) is 16.4. The van der Waals surface area contributed by atoms with Gasteiger partial charge >= 0.3 is 18.0 Å². The molecule has 2 amide bonds. The predicted octanol–water partition coefficient (Wildman–Crippen LogP) is 0.513. The van der Waals surface area contributed by atoms with Gasteiger partial charge in [-0.2, -0.15) is 0 Å². The highest BCUT2D eigenvalue weighted by molar-refractivity contribution is 5.86. The van der Waals surface area contributed by atoms with Crippen LogP contribution in [0.15, 0.2) is 0 Å². The lowest BCUT2D eigenvalue weighted by molar-refractivity contribution is -0.170. The topological polar surface area (TPSA) is 116 Å². The molecular weight excluding hydrogens is 280 g/mol. The molecule has 0 aromatic carbocycles. The summed E-state index contributed by atoms with van der Waals surface area (Å²) in [5, 5.41) is 19.9. The molecule has 1 heterocycles. The van der Waals surface area contributed by atoms with Crippen molar-refractivity contribution in [2.75, 3.05) is 13.1 Å². The van der Waals surface area contributed by atoms with Gasteiger partial charge in [-0.25, -0.2) is 9.59 Å². The minimum Gasteiger partial charge on any atom is -0.481 e. The van der Waals surface area contributed by atoms with Gasteiger partial charge in [-0.3, -0.25) is 4.79 Å². The molecule has 1 rings (SSSR count). The summed E-state index contributed by atoms with van der Waals surface area (Å²) in [5.74, 6) is -2.66. The number of amides is 2. The maximum Gasteiger partial charge on any atom is 0.326 e. The summed E-state index contributed by atoms with van der Waals surface area (Å²) < 4.78 is 5.83. The number of carboxylic acids is 2. The molecule has 1 saturated heterocycles. The van der Waals surface area contributed by atoms with Gasteiger partial charge in [-0.15, -0.1) is 0 Å². The molecular formula is C13H22N2O6. The second-order valence-electron chi connectivity index (χ2n) is 6.42. The molecule has 21 heavy (non-hydrogen) atoms. The van der Waals surface area contributed by atoms with Crippen molar-refractivity contribution in [3.63, 3.8) is 0 Å². The molecule has 8 heteroatoms. The van der Waals surface area contributed by atoms with Crippen molar-refractivity contribution in [2.24, 2.45) is 0 Å². The van der Waals surface area contributed by atoms with E-state index in [1.165, 1.54) is 4.90 Å². The number of nitrogens with one attached hydrogen (secondary N) is 1. The first-order valence-corrected chi connectivity index (χ1v) is 6.62. The molecule has 0 radical (unpaired) electrons. The summed E-state index contributed by atoms with van der Waals surface area (Å²) >= 11 is 0. The Hall–Kier alpha value is -1.83. The van der Waals surface area contributed by atoms with Crippen molar-refractivity contribution < 1.29 is 29.3 Å². The Morgan fingerprint density at radius 1 is 1.14 bits per heavy atom. The average Bonchev–Trinajstić information content (AvgIpc) is 2.22. The molecule has 1 fully saturated rings. The maximum absolute atomic E-state index is 12.2. The number of carboxylic acid groups (broad SMARTS) is 2. The van der Waals surface area contributed by atoms with E-state index >= 15 is 0 Å². The summed E-state index contributed by atoms with van der Waals surface area (Å²) in [7, 11) is 0. The van der Waals surface area contributed by atoms with Crippen LogP contribution >= 0.6 is 0 Å². The molecule has 0 aromatic heterocycles. The zero-order valence-electron chi connectivity index (χ0n) is 12.7. The van der Waals surface area contributed by atoms with E-state index in [9.17, 15) is 14.4 Å². The molecule has 8 nitrogen and oxygen atoms in total. The molecule has 3 N–H and O–H groups in total. The number of morpholine rings is 1. The van der Waals surface area contributed by atoms with Crippen LogP contribution in [0, 0.1) is 0 Å². The van der Waals surface area contributed by atoms with E-state index in [1.807, 2.05) is 27.7 Å². The average molecular weight is 302 g/mol. The lowest BCUT2D eigenvalue weighted by Crippen LogP contribution is -2.61. The van der Waals surface area contributed by atoms with Crippen LogP contribution in [0.4, 0.5) is 4.79 Å². The van der Waals surface area contributed by atoms with Crippen LogP contribution in [0.5, 0.6) is 0 Å². The Balaban J connectivity index is 2.77. The first-order chi connectivity index (χ1) is 9.42. The minimum absolute atomic E-state index is 0.293. The fourth-order valence-corrected chi connectivity index (χ4v) is 2.55. The van der Waals surface area contributed by atoms with Crippen molar-refractivity contribution in [3.05, 3.63) is 0 Å². The molecule has 0 spiro atoms. The number of urea groups is 1. The van der Waals surface area contributed by atoms with Crippen molar-refractivity contribution in [3.8, 4) is 0 Å². The zero-order valence-corrected chi connectivity index (χ0v) is 12.7. The largest absolute Gasteiger partial charge is 0.481 e. The fraction of sp³-hybridized carbons (Fsp3) is 0.769. The molecule has 0 bridgehead atoms. The van der Waals surface area contributed by atoms with Crippen LogP contribution in [0.2, 0.25) is 0 Å². The highest BCUT2D eigenvalue weighted by Gasteiger charge is 2.40. The van der Waals surface area contributed by atoms with Gasteiger partial charge in [0.05, 0.1) is 30.7 Å². The third-order valence-corrected chi connectivity index (χ3v) is 2.96. The lowest BCUT2D eigenvalue weighted by Gasteiger charge is -2.47. The molecule has 1 aliphatic rings. The quantitative estimate of drug-likeness (QED) is 0.697. The number of nitrogens with zero attached hydrogens (tertiary/aromatic N) is 1. The Bertz CT molecular complexity index is 430. The first kappa shape index (κ1) is 17.2. The molecule has 0 aliphatic carbocycles. The number of rotatable bonds is 4. The van der Waals surface area contributed by atoms with Crippen LogP contribution in [0.25, 0.3) is 0 Å². The van der Waals surface area contributed by atoms with E-state index in [0.29, 0.717) is 13.1 Å². The summed E-state index contributed by atoms with van der Waals surface area (Å²) in [6, 6.07) is -2.06. The van der Waals surface area contributed by atoms with Gasteiger partial charge in [0.1, 0.15) is 6.04 Å². The Labute approximate surface area is 123 Å². The molecule has 0 aromatic rings. The highest BCUT2D eigenvalue weighted by Crippen LogP contribution is 2.27. The van der Waals surface area contributed by atoms with E-state index in [-0.39, 0.29) is 0 Å². The number of carbonyl (C=O) groups excluding carboxylic acids is 1. The number of hydrogen-bond acceptors (Lipinski definition) is 4. The summed E-state index contributed by atoms with van der Waals surface area (Å²) in [6.07, 6.45) is -0.668. The highest BCUT2D eigenvalue weighted by atomic mass is 16.5. The van der Waals surface area contributed by atoms with Gasteiger partial charge in [0.15, 0.2) is 0 Å². The van der Waals surface area contributed by atoms with Gasteiger partial charge in [0.25, 0.3) is 0 Å². The third-order valence-electron chi connectivity index (χ3n) is 2.96. The third kappa shape index (κ3) is 5.22. The second-order valence-corrected chi connectivity index (χ2v) is 6.42. The SMILES string of the molecule is CC1(C)CN(C(=O)N[C@H](CC(=O)O)C(=O)O)CC(C)(C)O1. The number of aliphatic carboxylic acids is 2. The van der Waals surface area contributed by atoms with Crippen LogP contribution in [-0.4, -0.2) is 63.4 Å². The smallest absolute Gasteiger partial charge is 0.326 e. The standard InChI is InChI=1S/C13H22N2O6/c1-12(2)6-15(7-13(3,4)21-12)11(20)14-8(10(18)19)5-9(16)17/h8H,5-7H2,1-4H3,(H,14,20)(H,16,17)(H,18,19)/t8-/m1/s1. The molecule has 0 saturated carbocycles. The summed E-state index contributed by atoms with van der Waals surface area (Å²) in [5.41, 5.74) is -1.13. The summed E-state index contributed by atoms with van der Waals surface area (Å²) in [6.45, 7) is 7.92. The normalized spacial score (nSPS) is 21.4. The molecule has 1 aliphatic heterocycles. The monoisotopic (exact) mass is 302 g/mol. The predicted molar refractivity (Wildman–Crippen MR) is 73.0 cm³/mol. The molecule has 120 valence electrons. The molecule has 0 unspecified atom stereocenters. The van der Waals surface area contributed by atoms with E-state index < -0.39 is 41.6 Å². The van der Waals surface area contributed by atoms with Crippen molar-refractivity contribution >= 4 is 18.0 Å². The molecule has 1 atom stereocenters. The Morgan fingerprint density at radius 2 is 1.62 bits per heavy atom. The van der Waals surface area contributed by atoms with E-state index in [0.717, 1.165) is 0 Å². The van der Waals surface area contributed by atoms with E-state index in [2.05, 4.69) is 5.32 Å². The van der Waals surface area contributed by atoms with Crippen molar-refractivity contribution in [1.82, 2.24) is 10.2 Å². The number of ether oxygens (including phenoxy) is 1.